The largest absolute Gasteiger partial charge is 0.494 e. The first-order valence-corrected chi connectivity index (χ1v) is 9.67. The van der Waals surface area contributed by atoms with E-state index < -0.39 is 6.10 Å². The average molecular weight is 391 g/mol. The van der Waals surface area contributed by atoms with Crippen LogP contribution in [0.4, 0.5) is 0 Å². The third-order valence-electron chi connectivity index (χ3n) is 4.46. The van der Waals surface area contributed by atoms with Gasteiger partial charge in [-0.05, 0) is 55.7 Å². The summed E-state index contributed by atoms with van der Waals surface area (Å²) in [6, 6.07) is 15.2. The van der Waals surface area contributed by atoms with Gasteiger partial charge in [-0.1, -0.05) is 24.3 Å². The summed E-state index contributed by atoms with van der Waals surface area (Å²) in [6.07, 6.45) is 3.25. The van der Waals surface area contributed by atoms with Crippen molar-refractivity contribution in [2.75, 3.05) is 13.2 Å². The number of carbonyl (C=O) groups is 1. The van der Waals surface area contributed by atoms with Crippen molar-refractivity contribution < 1.29 is 14.6 Å². The highest BCUT2D eigenvalue weighted by Crippen LogP contribution is 2.20. The average Bonchev–Trinajstić information content (AvgIpc) is 2.75. The maximum absolute atomic E-state index is 12.5. The number of amides is 1. The van der Waals surface area contributed by atoms with Gasteiger partial charge in [0.25, 0.3) is 5.91 Å². The molecule has 0 radical (unpaired) electrons. The molecule has 0 aliphatic carbocycles. The van der Waals surface area contributed by atoms with Crippen molar-refractivity contribution in [3.05, 3.63) is 77.7 Å². The van der Waals surface area contributed by atoms with Crippen molar-refractivity contribution in [2.24, 2.45) is 0 Å². The standard InChI is InChI=1S/C23H25N3O3/c1-3-29-20-9-7-18(8-10-20)21-14-24-15-22(26-21)23(28)25-12-11-17-5-4-6-19(13-17)16(2)27/h4-10,13-16,27H,3,11-12H2,1-2H3,(H,25,28). The van der Waals surface area contributed by atoms with Crippen LogP contribution in [0.15, 0.2) is 60.9 Å². The third kappa shape index (κ3) is 5.62. The van der Waals surface area contributed by atoms with Crippen LogP contribution in [-0.2, 0) is 6.42 Å². The van der Waals surface area contributed by atoms with E-state index in [0.717, 1.165) is 22.4 Å². The van der Waals surface area contributed by atoms with E-state index in [0.29, 0.717) is 25.3 Å². The minimum Gasteiger partial charge on any atom is -0.494 e. The quantitative estimate of drug-likeness (QED) is 0.613. The minimum atomic E-state index is -0.509. The van der Waals surface area contributed by atoms with Crippen LogP contribution in [0.25, 0.3) is 11.3 Å². The molecule has 2 aromatic carbocycles. The summed E-state index contributed by atoms with van der Waals surface area (Å²) < 4.78 is 5.45. The fourth-order valence-corrected chi connectivity index (χ4v) is 2.92. The summed E-state index contributed by atoms with van der Waals surface area (Å²) in [6.45, 7) is 4.75. The summed E-state index contributed by atoms with van der Waals surface area (Å²) in [4.78, 5) is 21.0. The lowest BCUT2D eigenvalue weighted by atomic mass is 10.1. The Morgan fingerprint density at radius 2 is 1.97 bits per heavy atom. The zero-order chi connectivity index (χ0) is 20.6. The van der Waals surface area contributed by atoms with Gasteiger partial charge in [0.1, 0.15) is 11.4 Å². The maximum Gasteiger partial charge on any atom is 0.271 e. The zero-order valence-electron chi connectivity index (χ0n) is 16.6. The summed E-state index contributed by atoms with van der Waals surface area (Å²) in [5.41, 5.74) is 3.69. The Kier molecular flexibility index (Phi) is 6.92. The van der Waals surface area contributed by atoms with Crippen molar-refractivity contribution >= 4 is 5.91 Å². The molecular weight excluding hydrogens is 366 g/mol. The monoisotopic (exact) mass is 391 g/mol. The van der Waals surface area contributed by atoms with Crippen LogP contribution in [0.2, 0.25) is 0 Å². The van der Waals surface area contributed by atoms with Gasteiger partial charge in [0, 0.05) is 12.1 Å². The number of rotatable bonds is 8. The van der Waals surface area contributed by atoms with E-state index in [1.54, 1.807) is 13.1 Å². The van der Waals surface area contributed by atoms with Crippen LogP contribution < -0.4 is 10.1 Å². The van der Waals surface area contributed by atoms with Crippen LogP contribution >= 0.6 is 0 Å². The summed E-state index contributed by atoms with van der Waals surface area (Å²) >= 11 is 0. The molecule has 2 N–H and O–H groups in total. The molecule has 1 amide bonds. The van der Waals surface area contributed by atoms with Gasteiger partial charge in [0.05, 0.1) is 30.8 Å². The number of benzene rings is 2. The Balaban J connectivity index is 1.61. The normalized spacial score (nSPS) is 11.7. The Morgan fingerprint density at radius 3 is 2.69 bits per heavy atom. The Hall–Kier alpha value is -3.25. The molecule has 1 atom stereocenters. The molecule has 0 aliphatic rings. The summed E-state index contributed by atoms with van der Waals surface area (Å²) in [7, 11) is 0. The molecule has 0 bridgehead atoms. The van der Waals surface area contributed by atoms with Crippen molar-refractivity contribution in [3.63, 3.8) is 0 Å². The van der Waals surface area contributed by atoms with Gasteiger partial charge in [-0.15, -0.1) is 0 Å². The third-order valence-corrected chi connectivity index (χ3v) is 4.46. The fraction of sp³-hybridized carbons (Fsp3) is 0.261. The van der Waals surface area contributed by atoms with Gasteiger partial charge in [0.2, 0.25) is 0 Å². The van der Waals surface area contributed by atoms with Crippen LogP contribution in [-0.4, -0.2) is 34.1 Å². The van der Waals surface area contributed by atoms with Gasteiger partial charge in [-0.25, -0.2) is 4.98 Å². The van der Waals surface area contributed by atoms with Crippen molar-refractivity contribution in [1.82, 2.24) is 15.3 Å². The van der Waals surface area contributed by atoms with E-state index in [9.17, 15) is 9.90 Å². The molecule has 0 aliphatic heterocycles. The maximum atomic E-state index is 12.5. The SMILES string of the molecule is CCOc1ccc(-c2cncc(C(=O)NCCc3cccc(C(C)O)c3)n2)cc1. The van der Waals surface area contributed by atoms with Gasteiger partial charge in [-0.3, -0.25) is 9.78 Å². The summed E-state index contributed by atoms with van der Waals surface area (Å²) in [5, 5.41) is 12.6. The number of hydrogen-bond acceptors (Lipinski definition) is 5. The number of aromatic nitrogens is 2. The number of ether oxygens (including phenoxy) is 1. The number of nitrogens with one attached hydrogen (secondary N) is 1. The second kappa shape index (κ2) is 9.80. The molecule has 3 rings (SSSR count). The summed E-state index contributed by atoms with van der Waals surface area (Å²) in [5.74, 6) is 0.523. The number of hydrogen-bond donors (Lipinski definition) is 2. The molecule has 29 heavy (non-hydrogen) atoms. The van der Waals surface area contributed by atoms with E-state index >= 15 is 0 Å². The number of carbonyl (C=O) groups excluding carboxylic acids is 1. The van der Waals surface area contributed by atoms with Gasteiger partial charge < -0.3 is 15.2 Å². The van der Waals surface area contributed by atoms with Crippen LogP contribution in [0.3, 0.4) is 0 Å². The highest BCUT2D eigenvalue weighted by molar-refractivity contribution is 5.92. The number of aliphatic hydroxyl groups excluding tert-OH is 1. The fourth-order valence-electron chi connectivity index (χ4n) is 2.92. The van der Waals surface area contributed by atoms with Crippen LogP contribution in [0.5, 0.6) is 5.75 Å². The smallest absolute Gasteiger partial charge is 0.271 e. The highest BCUT2D eigenvalue weighted by atomic mass is 16.5. The molecule has 1 aromatic heterocycles. The number of nitrogens with zero attached hydrogens (tertiary/aromatic N) is 2. The molecular formula is C23H25N3O3. The Labute approximate surface area is 170 Å². The Morgan fingerprint density at radius 1 is 1.17 bits per heavy atom. The molecule has 150 valence electrons. The second-order valence-corrected chi connectivity index (χ2v) is 6.67. The topological polar surface area (TPSA) is 84.3 Å². The van der Waals surface area contributed by atoms with E-state index in [1.807, 2.05) is 55.5 Å². The first-order valence-electron chi connectivity index (χ1n) is 9.67. The predicted octanol–water partition coefficient (Wildman–Crippen LogP) is 3.57. The van der Waals surface area contributed by atoms with E-state index in [1.165, 1.54) is 6.20 Å². The van der Waals surface area contributed by atoms with E-state index in [2.05, 4.69) is 15.3 Å². The van der Waals surface area contributed by atoms with Crippen molar-refractivity contribution in [1.29, 1.82) is 0 Å². The van der Waals surface area contributed by atoms with Crippen molar-refractivity contribution in [2.45, 2.75) is 26.4 Å². The van der Waals surface area contributed by atoms with Gasteiger partial charge in [-0.2, -0.15) is 0 Å². The molecule has 0 spiro atoms. The van der Waals surface area contributed by atoms with Crippen molar-refractivity contribution in [3.8, 4) is 17.0 Å². The highest BCUT2D eigenvalue weighted by Gasteiger charge is 2.10. The molecule has 0 fully saturated rings. The molecule has 1 heterocycles. The molecule has 3 aromatic rings. The zero-order valence-corrected chi connectivity index (χ0v) is 16.6. The lowest BCUT2D eigenvalue weighted by molar-refractivity contribution is 0.0949. The van der Waals surface area contributed by atoms with E-state index in [-0.39, 0.29) is 11.6 Å². The lowest BCUT2D eigenvalue weighted by Crippen LogP contribution is -2.26. The second-order valence-electron chi connectivity index (χ2n) is 6.67. The molecule has 1 unspecified atom stereocenters. The lowest BCUT2D eigenvalue weighted by Gasteiger charge is -2.09. The first kappa shape index (κ1) is 20.5. The number of aliphatic hydroxyl groups is 1. The van der Waals surface area contributed by atoms with Crippen LogP contribution in [0.1, 0.15) is 41.6 Å². The minimum absolute atomic E-state index is 0.267. The van der Waals surface area contributed by atoms with Gasteiger partial charge in [0.15, 0.2) is 0 Å². The Bertz CT molecular complexity index is 956. The van der Waals surface area contributed by atoms with E-state index in [4.69, 9.17) is 4.74 Å². The molecule has 6 heteroatoms. The van der Waals surface area contributed by atoms with Gasteiger partial charge >= 0.3 is 0 Å². The van der Waals surface area contributed by atoms with Crippen LogP contribution in [0, 0.1) is 0 Å². The molecule has 6 nitrogen and oxygen atoms in total. The molecule has 0 saturated carbocycles. The predicted molar refractivity (Wildman–Crippen MR) is 112 cm³/mol. The first-order chi connectivity index (χ1) is 14.1. The molecule has 0 saturated heterocycles.